The Labute approximate surface area is 138 Å². The standard InChI is InChI=1S/C17H17N3O2S/c1-3-22-16(21)13-10(2)20-15-12(9-19-17(18)23-15)14(13)11-7-5-4-6-8-11/h4-9,14,18,20H,3H2,1-2H3. The van der Waals surface area contributed by atoms with E-state index in [9.17, 15) is 4.79 Å². The maximum Gasteiger partial charge on any atom is 0.336 e. The molecule has 0 radical (unpaired) electrons. The van der Waals surface area contributed by atoms with Crippen molar-refractivity contribution in [3.05, 3.63) is 63.7 Å². The average Bonchev–Trinajstić information content (AvgIpc) is 2.54. The quantitative estimate of drug-likeness (QED) is 0.850. The van der Waals surface area contributed by atoms with Gasteiger partial charge in [0.05, 0.1) is 12.2 Å². The van der Waals surface area contributed by atoms with E-state index in [0.717, 1.165) is 21.8 Å². The highest BCUT2D eigenvalue weighted by Crippen LogP contribution is 2.42. The van der Waals surface area contributed by atoms with Gasteiger partial charge in [-0.1, -0.05) is 41.7 Å². The predicted octanol–water partition coefficient (Wildman–Crippen LogP) is 3.02. The van der Waals surface area contributed by atoms with Crippen LogP contribution in [-0.4, -0.2) is 17.6 Å². The van der Waals surface area contributed by atoms with Crippen LogP contribution in [0.1, 0.15) is 30.9 Å². The van der Waals surface area contributed by atoms with Gasteiger partial charge in [0.15, 0.2) is 0 Å². The van der Waals surface area contributed by atoms with Gasteiger partial charge in [-0.15, -0.1) is 0 Å². The first kappa shape index (κ1) is 15.4. The Morgan fingerprint density at radius 1 is 1.39 bits per heavy atom. The molecule has 0 aliphatic carbocycles. The number of rotatable bonds is 3. The molecule has 6 heteroatoms. The topological polar surface area (TPSA) is 75.1 Å². The third kappa shape index (κ3) is 2.90. The highest BCUT2D eigenvalue weighted by Gasteiger charge is 2.33. The molecule has 3 rings (SSSR count). The van der Waals surface area contributed by atoms with Crippen LogP contribution in [0.3, 0.4) is 0 Å². The van der Waals surface area contributed by atoms with E-state index < -0.39 is 0 Å². The van der Waals surface area contributed by atoms with E-state index in [2.05, 4.69) is 10.3 Å². The maximum atomic E-state index is 12.5. The molecule has 5 nitrogen and oxygen atoms in total. The molecule has 2 aromatic rings. The fraction of sp³-hybridized carbons (Fsp3) is 0.235. The van der Waals surface area contributed by atoms with Gasteiger partial charge >= 0.3 is 5.97 Å². The monoisotopic (exact) mass is 327 g/mol. The van der Waals surface area contributed by atoms with Gasteiger partial charge in [0, 0.05) is 23.4 Å². The molecule has 1 unspecified atom stereocenters. The number of anilines is 1. The Balaban J connectivity index is 2.20. The van der Waals surface area contributed by atoms with Gasteiger partial charge in [0.1, 0.15) is 5.00 Å². The van der Waals surface area contributed by atoms with E-state index in [1.807, 2.05) is 37.3 Å². The number of carbonyl (C=O) groups is 1. The number of aromatic nitrogens is 1. The zero-order chi connectivity index (χ0) is 16.4. The van der Waals surface area contributed by atoms with Gasteiger partial charge < -0.3 is 10.1 Å². The zero-order valence-electron chi connectivity index (χ0n) is 12.9. The first-order valence-corrected chi connectivity index (χ1v) is 8.18. The molecule has 2 heterocycles. The molecule has 118 valence electrons. The predicted molar refractivity (Wildman–Crippen MR) is 89.2 cm³/mol. The fourth-order valence-corrected chi connectivity index (χ4v) is 3.54. The summed E-state index contributed by atoms with van der Waals surface area (Å²) < 4.78 is 5.25. The number of hydrogen-bond acceptors (Lipinski definition) is 6. The van der Waals surface area contributed by atoms with E-state index in [0.29, 0.717) is 12.2 Å². The van der Waals surface area contributed by atoms with E-state index in [1.165, 1.54) is 11.3 Å². The van der Waals surface area contributed by atoms with Gasteiger partial charge in [-0.3, -0.25) is 5.41 Å². The number of esters is 1. The lowest BCUT2D eigenvalue weighted by molar-refractivity contribution is -0.138. The molecular weight excluding hydrogens is 310 g/mol. The van der Waals surface area contributed by atoms with Crippen molar-refractivity contribution in [2.45, 2.75) is 19.8 Å². The lowest BCUT2D eigenvalue weighted by Gasteiger charge is -2.29. The number of carbonyl (C=O) groups excluding carboxylic acids is 1. The summed E-state index contributed by atoms with van der Waals surface area (Å²) in [5.41, 5.74) is 3.25. The SMILES string of the molecule is CCOC(=O)C1=C(C)Nc2sc(=N)ncc2C1c1ccccc1. The molecule has 0 bridgehead atoms. The smallest absolute Gasteiger partial charge is 0.336 e. The molecule has 1 aliphatic heterocycles. The summed E-state index contributed by atoms with van der Waals surface area (Å²) in [6.07, 6.45) is 1.67. The molecule has 2 N–H and O–H groups in total. The Morgan fingerprint density at radius 3 is 2.83 bits per heavy atom. The lowest BCUT2D eigenvalue weighted by Crippen LogP contribution is -2.25. The molecule has 1 aromatic heterocycles. The van der Waals surface area contributed by atoms with Crippen molar-refractivity contribution < 1.29 is 9.53 Å². The molecule has 1 aromatic carbocycles. The van der Waals surface area contributed by atoms with E-state index in [4.69, 9.17) is 10.1 Å². The highest BCUT2D eigenvalue weighted by atomic mass is 32.1. The van der Waals surface area contributed by atoms with Crippen LogP contribution in [0.4, 0.5) is 5.00 Å². The maximum absolute atomic E-state index is 12.5. The molecule has 1 aliphatic rings. The van der Waals surface area contributed by atoms with Gasteiger partial charge in [-0.05, 0) is 19.4 Å². The van der Waals surface area contributed by atoms with Crippen LogP contribution in [-0.2, 0) is 9.53 Å². The summed E-state index contributed by atoms with van der Waals surface area (Å²) >= 11 is 1.27. The number of fused-ring (bicyclic) bond motifs is 1. The first-order valence-electron chi connectivity index (χ1n) is 7.36. The van der Waals surface area contributed by atoms with Crippen LogP contribution in [0.25, 0.3) is 0 Å². The minimum absolute atomic E-state index is 0.232. The second-order valence-corrected chi connectivity index (χ2v) is 6.18. The molecular formula is C17H17N3O2S. The minimum Gasteiger partial charge on any atom is -0.463 e. The first-order chi connectivity index (χ1) is 11.1. The van der Waals surface area contributed by atoms with Crippen molar-refractivity contribution >= 4 is 22.3 Å². The second kappa shape index (κ2) is 6.34. The molecule has 0 spiro atoms. The van der Waals surface area contributed by atoms with Crippen molar-refractivity contribution in [3.63, 3.8) is 0 Å². The summed E-state index contributed by atoms with van der Waals surface area (Å²) in [6.45, 7) is 3.99. The van der Waals surface area contributed by atoms with E-state index in [1.54, 1.807) is 13.1 Å². The fourth-order valence-electron chi connectivity index (χ4n) is 2.75. The van der Waals surface area contributed by atoms with Crippen LogP contribution < -0.4 is 10.1 Å². The largest absolute Gasteiger partial charge is 0.463 e. The summed E-state index contributed by atoms with van der Waals surface area (Å²) in [7, 11) is 0. The van der Waals surface area contributed by atoms with Gasteiger partial charge in [0.25, 0.3) is 0 Å². The van der Waals surface area contributed by atoms with Crippen molar-refractivity contribution in [1.29, 1.82) is 5.41 Å². The van der Waals surface area contributed by atoms with Gasteiger partial charge in [-0.25, -0.2) is 9.78 Å². The van der Waals surface area contributed by atoms with Crippen LogP contribution in [0.5, 0.6) is 0 Å². The highest BCUT2D eigenvalue weighted by molar-refractivity contribution is 7.13. The van der Waals surface area contributed by atoms with E-state index in [-0.39, 0.29) is 16.7 Å². The number of nitrogens with one attached hydrogen (secondary N) is 2. The molecule has 1 atom stereocenters. The third-order valence-corrected chi connectivity index (χ3v) is 4.56. The number of ether oxygens (including phenoxy) is 1. The number of allylic oxidation sites excluding steroid dienone is 1. The Hall–Kier alpha value is -2.47. The van der Waals surface area contributed by atoms with Crippen LogP contribution in [0, 0.1) is 5.41 Å². The Kier molecular flexibility index (Phi) is 4.25. The van der Waals surface area contributed by atoms with Crippen molar-refractivity contribution in [2.75, 3.05) is 11.9 Å². The summed E-state index contributed by atoms with van der Waals surface area (Å²) in [5.74, 6) is -0.562. The van der Waals surface area contributed by atoms with Crippen molar-refractivity contribution in [3.8, 4) is 0 Å². The molecule has 0 amide bonds. The normalized spacial score (nSPS) is 16.5. The summed E-state index contributed by atoms with van der Waals surface area (Å²) in [4.78, 5) is 16.8. The number of hydrogen-bond donors (Lipinski definition) is 2. The summed E-state index contributed by atoms with van der Waals surface area (Å²) in [6, 6.07) is 9.83. The zero-order valence-corrected chi connectivity index (χ0v) is 13.7. The van der Waals surface area contributed by atoms with Crippen LogP contribution in [0.15, 0.2) is 47.8 Å². The third-order valence-electron chi connectivity index (χ3n) is 3.71. The Bertz CT molecular complexity index is 827. The molecule has 23 heavy (non-hydrogen) atoms. The number of nitrogens with zero attached hydrogens (tertiary/aromatic N) is 1. The van der Waals surface area contributed by atoms with Crippen LogP contribution >= 0.6 is 11.3 Å². The van der Waals surface area contributed by atoms with Gasteiger partial charge in [0.2, 0.25) is 4.80 Å². The molecule has 0 saturated heterocycles. The van der Waals surface area contributed by atoms with Crippen LogP contribution in [0.2, 0.25) is 0 Å². The van der Waals surface area contributed by atoms with Crippen molar-refractivity contribution in [1.82, 2.24) is 4.98 Å². The lowest BCUT2D eigenvalue weighted by atomic mass is 9.83. The van der Waals surface area contributed by atoms with E-state index >= 15 is 0 Å². The minimum atomic E-state index is -0.322. The second-order valence-electron chi connectivity index (χ2n) is 5.18. The Morgan fingerprint density at radius 2 is 2.13 bits per heavy atom. The van der Waals surface area contributed by atoms with Gasteiger partial charge in [-0.2, -0.15) is 0 Å². The average molecular weight is 327 g/mol. The number of benzene rings is 1. The molecule has 0 fully saturated rings. The van der Waals surface area contributed by atoms with Crippen molar-refractivity contribution in [2.24, 2.45) is 0 Å². The summed E-state index contributed by atoms with van der Waals surface area (Å²) in [5, 5.41) is 11.8. The molecule has 0 saturated carbocycles.